The maximum atomic E-state index is 12.7. The summed E-state index contributed by atoms with van der Waals surface area (Å²) in [7, 11) is -3.66. The Hall–Kier alpha value is -2.13. The fourth-order valence-electron chi connectivity index (χ4n) is 2.65. The molecular formula is C18H27N3O5S. The van der Waals surface area contributed by atoms with Crippen LogP contribution in [-0.4, -0.2) is 69.5 Å². The van der Waals surface area contributed by atoms with Crippen molar-refractivity contribution in [3.05, 3.63) is 29.8 Å². The summed E-state index contributed by atoms with van der Waals surface area (Å²) in [6.45, 7) is 7.74. The molecule has 1 fully saturated rings. The third-order valence-corrected chi connectivity index (χ3v) is 5.59. The lowest BCUT2D eigenvalue weighted by Gasteiger charge is -2.34. The van der Waals surface area contributed by atoms with Gasteiger partial charge in [-0.2, -0.15) is 0 Å². The molecule has 150 valence electrons. The van der Waals surface area contributed by atoms with Crippen molar-refractivity contribution >= 4 is 22.0 Å². The van der Waals surface area contributed by atoms with E-state index in [2.05, 4.69) is 4.72 Å². The number of nitrogens with one attached hydrogen (secondary N) is 1. The first-order valence-electron chi connectivity index (χ1n) is 9.05. The molecule has 0 spiro atoms. The van der Waals surface area contributed by atoms with Crippen LogP contribution in [-0.2, 0) is 14.8 Å². The van der Waals surface area contributed by atoms with E-state index < -0.39 is 10.0 Å². The molecule has 0 bridgehead atoms. The number of hydrogen-bond donors (Lipinski definition) is 1. The third-order valence-electron chi connectivity index (χ3n) is 4.17. The van der Waals surface area contributed by atoms with Gasteiger partial charge in [-0.25, -0.2) is 17.9 Å². The quantitative estimate of drug-likeness (QED) is 0.785. The molecule has 1 heterocycles. The van der Waals surface area contributed by atoms with E-state index in [1.54, 1.807) is 28.9 Å². The van der Waals surface area contributed by atoms with Gasteiger partial charge in [0.25, 0.3) is 5.91 Å². The molecule has 1 aliphatic rings. The molecular weight excluding hydrogens is 370 g/mol. The van der Waals surface area contributed by atoms with Gasteiger partial charge >= 0.3 is 6.09 Å². The lowest BCUT2D eigenvalue weighted by molar-refractivity contribution is 0.0570. The summed E-state index contributed by atoms with van der Waals surface area (Å²) in [6.07, 6.45) is -0.381. The monoisotopic (exact) mass is 397 g/mol. The predicted octanol–water partition coefficient (Wildman–Crippen LogP) is 1.54. The number of rotatable bonds is 6. The Morgan fingerprint density at radius 3 is 2.37 bits per heavy atom. The maximum Gasteiger partial charge on any atom is 0.409 e. The number of ether oxygens (including phenoxy) is 1. The molecule has 0 aliphatic carbocycles. The molecule has 1 aliphatic heterocycles. The van der Waals surface area contributed by atoms with Crippen LogP contribution in [0.15, 0.2) is 29.2 Å². The van der Waals surface area contributed by atoms with Gasteiger partial charge < -0.3 is 14.5 Å². The smallest absolute Gasteiger partial charge is 0.409 e. The SMILES string of the molecule is CCOC(=O)N1CCN(C(=O)c2cccc(S(=O)(=O)NCC(C)C)c2)CC1. The van der Waals surface area contributed by atoms with Crippen LogP contribution in [0.1, 0.15) is 31.1 Å². The summed E-state index contributed by atoms with van der Waals surface area (Å²) in [5, 5.41) is 0. The Labute approximate surface area is 160 Å². The third kappa shape index (κ3) is 5.67. The first-order chi connectivity index (χ1) is 12.7. The highest BCUT2D eigenvalue weighted by atomic mass is 32.2. The lowest BCUT2D eigenvalue weighted by Crippen LogP contribution is -2.50. The zero-order valence-electron chi connectivity index (χ0n) is 16.0. The van der Waals surface area contributed by atoms with Gasteiger partial charge in [0.1, 0.15) is 0 Å². The van der Waals surface area contributed by atoms with Crippen molar-refractivity contribution in [1.82, 2.24) is 14.5 Å². The Balaban J connectivity index is 2.05. The first-order valence-corrected chi connectivity index (χ1v) is 10.5. The second kappa shape index (κ2) is 9.18. The van der Waals surface area contributed by atoms with Gasteiger partial charge in [0.15, 0.2) is 0 Å². The van der Waals surface area contributed by atoms with Gasteiger partial charge in [0.05, 0.1) is 11.5 Å². The molecule has 1 N–H and O–H groups in total. The number of carbonyl (C=O) groups is 2. The van der Waals surface area contributed by atoms with Crippen LogP contribution in [0.3, 0.4) is 0 Å². The van der Waals surface area contributed by atoms with Gasteiger partial charge in [0.2, 0.25) is 10.0 Å². The first kappa shape index (κ1) is 21.2. The summed E-state index contributed by atoms with van der Waals surface area (Å²) in [5.41, 5.74) is 0.312. The van der Waals surface area contributed by atoms with Crippen molar-refractivity contribution in [1.29, 1.82) is 0 Å². The minimum atomic E-state index is -3.66. The molecule has 2 rings (SSSR count). The number of hydrogen-bond acceptors (Lipinski definition) is 5. The van der Waals surface area contributed by atoms with Crippen molar-refractivity contribution < 1.29 is 22.7 Å². The van der Waals surface area contributed by atoms with Crippen molar-refractivity contribution in [3.8, 4) is 0 Å². The number of benzene rings is 1. The Kier molecular flexibility index (Phi) is 7.20. The largest absolute Gasteiger partial charge is 0.450 e. The minimum Gasteiger partial charge on any atom is -0.450 e. The second-order valence-corrected chi connectivity index (χ2v) is 8.52. The standard InChI is InChI=1S/C18H27N3O5S/c1-4-26-18(23)21-10-8-20(9-11-21)17(22)15-6-5-7-16(12-15)27(24,25)19-13-14(2)3/h5-7,12,14,19H,4,8-11,13H2,1-3H3. The number of sulfonamides is 1. The summed E-state index contributed by atoms with van der Waals surface area (Å²) in [6, 6.07) is 6.02. The second-order valence-electron chi connectivity index (χ2n) is 6.75. The van der Waals surface area contributed by atoms with Gasteiger partial charge in [-0.15, -0.1) is 0 Å². The zero-order chi connectivity index (χ0) is 20.0. The molecule has 1 aromatic carbocycles. The molecule has 0 aromatic heterocycles. The number of nitrogens with zero attached hydrogens (tertiary/aromatic N) is 2. The molecule has 1 aromatic rings. The lowest BCUT2D eigenvalue weighted by atomic mass is 10.2. The fourth-order valence-corrected chi connectivity index (χ4v) is 3.90. The molecule has 8 nitrogen and oxygen atoms in total. The molecule has 9 heteroatoms. The van der Waals surface area contributed by atoms with Crippen LogP contribution in [0.5, 0.6) is 0 Å². The predicted molar refractivity (Wildman–Crippen MR) is 101 cm³/mol. The molecule has 0 radical (unpaired) electrons. The van der Waals surface area contributed by atoms with Crippen molar-refractivity contribution in [2.24, 2.45) is 5.92 Å². The van der Waals surface area contributed by atoms with Crippen LogP contribution in [0.25, 0.3) is 0 Å². The van der Waals surface area contributed by atoms with E-state index in [0.717, 1.165) is 0 Å². The summed E-state index contributed by atoms with van der Waals surface area (Å²) in [5.74, 6) is -0.0697. The highest BCUT2D eigenvalue weighted by Crippen LogP contribution is 2.15. The maximum absolute atomic E-state index is 12.7. The number of carbonyl (C=O) groups excluding carboxylic acids is 2. The topological polar surface area (TPSA) is 96.0 Å². The zero-order valence-corrected chi connectivity index (χ0v) is 16.8. The van der Waals surface area contributed by atoms with Crippen molar-refractivity contribution in [2.45, 2.75) is 25.7 Å². The van der Waals surface area contributed by atoms with E-state index in [-0.39, 0.29) is 22.8 Å². The van der Waals surface area contributed by atoms with E-state index >= 15 is 0 Å². The normalized spacial score (nSPS) is 15.1. The van der Waals surface area contributed by atoms with Gasteiger partial charge in [-0.3, -0.25) is 4.79 Å². The van der Waals surface area contributed by atoms with Crippen LogP contribution >= 0.6 is 0 Å². The molecule has 27 heavy (non-hydrogen) atoms. The molecule has 0 unspecified atom stereocenters. The van der Waals surface area contributed by atoms with Crippen LogP contribution in [0, 0.1) is 5.92 Å². The average Bonchev–Trinajstić information content (AvgIpc) is 2.66. The Morgan fingerprint density at radius 1 is 1.15 bits per heavy atom. The van der Waals surface area contributed by atoms with Gasteiger partial charge in [-0.1, -0.05) is 19.9 Å². The van der Waals surface area contributed by atoms with Gasteiger partial charge in [0, 0.05) is 38.3 Å². The Morgan fingerprint density at radius 2 is 1.78 bits per heavy atom. The Bertz CT molecular complexity index is 771. The molecule has 0 saturated carbocycles. The van der Waals surface area contributed by atoms with Crippen molar-refractivity contribution in [3.63, 3.8) is 0 Å². The van der Waals surface area contributed by atoms with E-state index in [4.69, 9.17) is 4.74 Å². The molecule has 1 saturated heterocycles. The molecule has 0 atom stereocenters. The highest BCUT2D eigenvalue weighted by molar-refractivity contribution is 7.89. The van der Waals surface area contributed by atoms with E-state index in [9.17, 15) is 18.0 Å². The minimum absolute atomic E-state index is 0.0687. The summed E-state index contributed by atoms with van der Waals surface area (Å²) >= 11 is 0. The fraction of sp³-hybridized carbons (Fsp3) is 0.556. The van der Waals surface area contributed by atoms with E-state index in [1.807, 2.05) is 13.8 Å². The van der Waals surface area contributed by atoms with E-state index in [0.29, 0.717) is 44.9 Å². The van der Waals surface area contributed by atoms with Crippen LogP contribution in [0.4, 0.5) is 4.79 Å². The highest BCUT2D eigenvalue weighted by Gasteiger charge is 2.26. The molecule has 2 amide bonds. The van der Waals surface area contributed by atoms with Crippen molar-refractivity contribution in [2.75, 3.05) is 39.3 Å². The van der Waals surface area contributed by atoms with Crippen LogP contribution in [0.2, 0.25) is 0 Å². The average molecular weight is 397 g/mol. The van der Waals surface area contributed by atoms with Crippen LogP contribution < -0.4 is 4.72 Å². The summed E-state index contributed by atoms with van der Waals surface area (Å²) < 4.78 is 32.3. The van der Waals surface area contributed by atoms with Gasteiger partial charge in [-0.05, 0) is 31.0 Å². The number of amides is 2. The van der Waals surface area contributed by atoms with E-state index in [1.165, 1.54) is 12.1 Å². The number of piperazine rings is 1. The summed E-state index contributed by atoms with van der Waals surface area (Å²) in [4.78, 5) is 27.7.